The number of esters is 1. The van der Waals surface area contributed by atoms with Gasteiger partial charge in [-0.2, -0.15) is 0 Å². The maximum absolute atomic E-state index is 13.7. The fraction of sp³-hybridized carbons (Fsp3) is 0.222. The van der Waals surface area contributed by atoms with Crippen molar-refractivity contribution in [3.63, 3.8) is 0 Å². The fourth-order valence-electron chi connectivity index (χ4n) is 3.70. The summed E-state index contributed by atoms with van der Waals surface area (Å²) in [5.74, 6) is 0.217. The molecular formula is C27H26N2O5. The number of methoxy groups -OCH3 is 1. The highest BCUT2D eigenvalue weighted by Crippen LogP contribution is 2.25. The van der Waals surface area contributed by atoms with E-state index in [1.165, 1.54) is 6.92 Å². The minimum atomic E-state index is -1.08. The molecule has 1 atom stereocenters. The number of hydrogen-bond donors (Lipinski definition) is 0. The van der Waals surface area contributed by atoms with Crippen molar-refractivity contribution in [2.75, 3.05) is 7.11 Å². The van der Waals surface area contributed by atoms with E-state index in [2.05, 4.69) is 4.98 Å². The molecule has 4 rings (SSSR count). The van der Waals surface area contributed by atoms with Crippen LogP contribution in [0.25, 0.3) is 11.1 Å². The number of amides is 1. The number of aryl methyl sites for hydroxylation is 1. The van der Waals surface area contributed by atoms with E-state index in [0.717, 1.165) is 22.4 Å². The molecule has 0 fully saturated rings. The molecule has 0 spiro atoms. The maximum atomic E-state index is 13.7. The highest BCUT2D eigenvalue weighted by molar-refractivity contribution is 5.85. The monoisotopic (exact) mass is 458 g/mol. The molecular weight excluding hydrogens is 432 g/mol. The first-order chi connectivity index (χ1) is 16.4. The maximum Gasteiger partial charge on any atom is 0.303 e. The van der Waals surface area contributed by atoms with Gasteiger partial charge in [0.25, 0.3) is 5.91 Å². The third-order valence-corrected chi connectivity index (χ3v) is 5.37. The van der Waals surface area contributed by atoms with Gasteiger partial charge in [0.15, 0.2) is 5.58 Å². The number of carbonyl (C=O) groups is 2. The summed E-state index contributed by atoms with van der Waals surface area (Å²) in [6.07, 6.45) is -1.08. The summed E-state index contributed by atoms with van der Waals surface area (Å²) in [5, 5.41) is 0. The molecule has 4 aromatic rings. The molecule has 34 heavy (non-hydrogen) atoms. The van der Waals surface area contributed by atoms with Crippen LogP contribution in [0.15, 0.2) is 77.2 Å². The fourth-order valence-corrected chi connectivity index (χ4v) is 3.70. The Kier molecular flexibility index (Phi) is 6.92. The van der Waals surface area contributed by atoms with Crippen LogP contribution in [0, 0.1) is 6.92 Å². The molecule has 0 saturated heterocycles. The molecule has 1 aromatic heterocycles. The molecule has 7 nitrogen and oxygen atoms in total. The van der Waals surface area contributed by atoms with Gasteiger partial charge in [0.1, 0.15) is 11.3 Å². The molecule has 0 radical (unpaired) electrons. The zero-order chi connectivity index (χ0) is 24.1. The summed E-state index contributed by atoms with van der Waals surface area (Å²) >= 11 is 0. The number of benzene rings is 3. The van der Waals surface area contributed by atoms with Gasteiger partial charge in [-0.15, -0.1) is 0 Å². The number of rotatable bonds is 8. The van der Waals surface area contributed by atoms with Gasteiger partial charge in [0, 0.05) is 19.0 Å². The third kappa shape index (κ3) is 5.43. The van der Waals surface area contributed by atoms with Gasteiger partial charge in [0.05, 0.1) is 13.7 Å². The van der Waals surface area contributed by atoms with Crippen LogP contribution in [0.1, 0.15) is 35.6 Å². The Hall–Kier alpha value is -4.13. The lowest BCUT2D eigenvalue weighted by Gasteiger charge is -2.26. The quantitative estimate of drug-likeness (QED) is 0.347. The Balaban J connectivity index is 1.68. The minimum Gasteiger partial charge on any atom is -0.497 e. The molecule has 0 aliphatic carbocycles. The van der Waals surface area contributed by atoms with Gasteiger partial charge in [0.2, 0.25) is 12.0 Å². The number of aromatic nitrogens is 1. The lowest BCUT2D eigenvalue weighted by molar-refractivity contribution is -0.160. The van der Waals surface area contributed by atoms with Gasteiger partial charge in [-0.25, -0.2) is 4.98 Å². The summed E-state index contributed by atoms with van der Waals surface area (Å²) in [7, 11) is 1.60. The first-order valence-corrected chi connectivity index (χ1v) is 10.9. The summed E-state index contributed by atoms with van der Waals surface area (Å²) < 4.78 is 16.6. The van der Waals surface area contributed by atoms with E-state index < -0.39 is 12.1 Å². The van der Waals surface area contributed by atoms with Crippen LogP contribution in [0.2, 0.25) is 0 Å². The van der Waals surface area contributed by atoms with Crippen molar-refractivity contribution in [3.05, 3.63) is 95.4 Å². The first-order valence-electron chi connectivity index (χ1n) is 10.9. The van der Waals surface area contributed by atoms with Gasteiger partial charge in [-0.3, -0.25) is 9.59 Å². The second-order valence-corrected chi connectivity index (χ2v) is 8.02. The Bertz CT molecular complexity index is 1280. The van der Waals surface area contributed by atoms with E-state index in [4.69, 9.17) is 13.9 Å². The SMILES string of the molecule is COc1ccc(CN(Cc2nc3cc(C)ccc3o2)C(=O)C(OC(C)=O)c2ccccc2)cc1. The van der Waals surface area contributed by atoms with Crippen LogP contribution >= 0.6 is 0 Å². The lowest BCUT2D eigenvalue weighted by atomic mass is 10.1. The Morgan fingerprint density at radius 3 is 2.41 bits per heavy atom. The number of oxazole rings is 1. The zero-order valence-corrected chi connectivity index (χ0v) is 19.4. The standard InChI is InChI=1S/C27H26N2O5/c1-18-9-14-24-23(15-18)28-25(34-24)17-29(16-20-10-12-22(32-3)13-11-20)27(31)26(33-19(2)30)21-7-5-4-6-8-21/h4-15,26H,16-17H2,1-3H3. The van der Waals surface area contributed by atoms with Crippen molar-refractivity contribution in [1.82, 2.24) is 9.88 Å². The number of carbonyl (C=O) groups excluding carboxylic acids is 2. The van der Waals surface area contributed by atoms with Crippen LogP contribution in [0.4, 0.5) is 0 Å². The molecule has 0 aliphatic rings. The second-order valence-electron chi connectivity index (χ2n) is 8.02. The Morgan fingerprint density at radius 2 is 1.74 bits per heavy atom. The highest BCUT2D eigenvalue weighted by Gasteiger charge is 2.30. The molecule has 0 bridgehead atoms. The van der Waals surface area contributed by atoms with E-state index in [0.29, 0.717) is 17.0 Å². The number of nitrogens with zero attached hydrogens (tertiary/aromatic N) is 2. The van der Waals surface area contributed by atoms with Crippen LogP contribution in [-0.4, -0.2) is 28.9 Å². The molecule has 0 saturated carbocycles. The average molecular weight is 459 g/mol. The van der Waals surface area contributed by atoms with Crippen molar-refractivity contribution in [2.45, 2.75) is 33.0 Å². The van der Waals surface area contributed by atoms with Gasteiger partial charge < -0.3 is 18.8 Å². The number of hydrogen-bond acceptors (Lipinski definition) is 6. The minimum absolute atomic E-state index is 0.114. The van der Waals surface area contributed by atoms with Crippen molar-refractivity contribution in [2.24, 2.45) is 0 Å². The lowest BCUT2D eigenvalue weighted by Crippen LogP contribution is -2.36. The highest BCUT2D eigenvalue weighted by atomic mass is 16.5. The second kappa shape index (κ2) is 10.2. The van der Waals surface area contributed by atoms with Crippen molar-refractivity contribution in [1.29, 1.82) is 0 Å². The summed E-state index contributed by atoms with van der Waals surface area (Å²) in [6, 6.07) is 22.2. The van der Waals surface area contributed by atoms with E-state index in [-0.39, 0.29) is 19.0 Å². The van der Waals surface area contributed by atoms with Crippen LogP contribution in [0.5, 0.6) is 5.75 Å². The van der Waals surface area contributed by atoms with Crippen molar-refractivity contribution >= 4 is 23.0 Å². The Labute approximate surface area is 197 Å². The van der Waals surface area contributed by atoms with E-state index in [1.54, 1.807) is 36.3 Å². The van der Waals surface area contributed by atoms with Crippen LogP contribution in [0.3, 0.4) is 0 Å². The molecule has 7 heteroatoms. The number of fused-ring (bicyclic) bond motifs is 1. The predicted octanol–water partition coefficient (Wildman–Crippen LogP) is 4.98. The molecule has 1 unspecified atom stereocenters. The normalized spacial score (nSPS) is 11.7. The first kappa shape index (κ1) is 23.0. The van der Waals surface area contributed by atoms with Gasteiger partial charge >= 0.3 is 5.97 Å². The largest absolute Gasteiger partial charge is 0.497 e. The summed E-state index contributed by atoms with van der Waals surface area (Å²) in [4.78, 5) is 31.7. The van der Waals surface area contributed by atoms with Gasteiger partial charge in [-0.05, 0) is 42.3 Å². The van der Waals surface area contributed by atoms with E-state index >= 15 is 0 Å². The van der Waals surface area contributed by atoms with Crippen LogP contribution < -0.4 is 4.74 Å². The average Bonchev–Trinajstić information content (AvgIpc) is 3.24. The number of ether oxygens (including phenoxy) is 2. The van der Waals surface area contributed by atoms with Crippen LogP contribution in [-0.2, 0) is 27.4 Å². The summed E-state index contributed by atoms with van der Waals surface area (Å²) in [5.41, 5.74) is 3.92. The molecule has 0 N–H and O–H groups in total. The predicted molar refractivity (Wildman–Crippen MR) is 127 cm³/mol. The molecule has 0 aliphatic heterocycles. The zero-order valence-electron chi connectivity index (χ0n) is 19.4. The van der Waals surface area contributed by atoms with E-state index in [1.807, 2.05) is 55.5 Å². The molecule has 1 amide bonds. The molecule has 174 valence electrons. The molecule has 3 aromatic carbocycles. The van der Waals surface area contributed by atoms with E-state index in [9.17, 15) is 9.59 Å². The topological polar surface area (TPSA) is 81.9 Å². The van der Waals surface area contributed by atoms with Crippen molar-refractivity contribution < 1.29 is 23.5 Å². The van der Waals surface area contributed by atoms with Gasteiger partial charge in [-0.1, -0.05) is 48.5 Å². The summed E-state index contributed by atoms with van der Waals surface area (Å²) in [6.45, 7) is 3.66. The smallest absolute Gasteiger partial charge is 0.303 e. The Morgan fingerprint density at radius 1 is 1.00 bits per heavy atom. The van der Waals surface area contributed by atoms with Crippen molar-refractivity contribution in [3.8, 4) is 5.75 Å². The molecule has 1 heterocycles. The third-order valence-electron chi connectivity index (χ3n) is 5.37.